The number of aromatic nitrogens is 2. The van der Waals surface area contributed by atoms with E-state index >= 15 is 0 Å². The molecule has 18 heavy (non-hydrogen) atoms. The normalized spacial score (nSPS) is 11.0. The molecular weight excluding hydrogens is 286 g/mol. The highest BCUT2D eigenvalue weighted by molar-refractivity contribution is 7.18. The fourth-order valence-electron chi connectivity index (χ4n) is 1.73. The molecule has 0 fully saturated rings. The minimum Gasteiger partial charge on any atom is -0.365 e. The minimum absolute atomic E-state index is 0.289. The van der Waals surface area contributed by atoms with Crippen LogP contribution in [0.15, 0.2) is 22.9 Å². The molecule has 0 aliphatic heterocycles. The SMILES string of the molecule is Cc1cc2c(NCc3ccsc3)nc(Cl)nc2s1. The van der Waals surface area contributed by atoms with Crippen molar-refractivity contribution in [2.45, 2.75) is 13.5 Å². The molecule has 92 valence electrons. The minimum atomic E-state index is 0.289. The first kappa shape index (κ1) is 11.9. The second kappa shape index (κ2) is 4.84. The summed E-state index contributed by atoms with van der Waals surface area (Å²) in [4.78, 5) is 10.6. The van der Waals surface area contributed by atoms with E-state index in [1.54, 1.807) is 22.7 Å². The largest absolute Gasteiger partial charge is 0.365 e. The van der Waals surface area contributed by atoms with Crippen molar-refractivity contribution in [1.29, 1.82) is 0 Å². The topological polar surface area (TPSA) is 37.8 Å². The van der Waals surface area contributed by atoms with Gasteiger partial charge in [0.25, 0.3) is 0 Å². The van der Waals surface area contributed by atoms with Crippen LogP contribution in [0.3, 0.4) is 0 Å². The molecule has 3 rings (SSSR count). The molecule has 6 heteroatoms. The van der Waals surface area contributed by atoms with E-state index in [1.165, 1.54) is 10.4 Å². The van der Waals surface area contributed by atoms with Crippen LogP contribution in [0, 0.1) is 6.92 Å². The second-order valence-corrected chi connectivity index (χ2v) is 6.26. The van der Waals surface area contributed by atoms with Crippen molar-refractivity contribution >= 4 is 50.3 Å². The monoisotopic (exact) mass is 295 g/mol. The van der Waals surface area contributed by atoms with E-state index < -0.39 is 0 Å². The summed E-state index contributed by atoms with van der Waals surface area (Å²) in [5.41, 5.74) is 1.25. The van der Waals surface area contributed by atoms with Gasteiger partial charge in [0.05, 0.1) is 5.39 Å². The number of hydrogen-bond acceptors (Lipinski definition) is 5. The molecule has 0 aliphatic carbocycles. The molecule has 0 atom stereocenters. The maximum atomic E-state index is 5.94. The summed E-state index contributed by atoms with van der Waals surface area (Å²) in [5, 5.41) is 8.83. The third-order valence-corrected chi connectivity index (χ3v) is 4.37. The number of aryl methyl sites for hydroxylation is 1. The highest BCUT2D eigenvalue weighted by Crippen LogP contribution is 2.29. The smallest absolute Gasteiger partial charge is 0.225 e. The van der Waals surface area contributed by atoms with Crippen LogP contribution in [0.4, 0.5) is 5.82 Å². The van der Waals surface area contributed by atoms with E-state index in [0.717, 1.165) is 22.6 Å². The first-order valence-corrected chi connectivity index (χ1v) is 7.55. The van der Waals surface area contributed by atoms with Gasteiger partial charge in [0, 0.05) is 11.4 Å². The van der Waals surface area contributed by atoms with Crippen molar-refractivity contribution in [3.05, 3.63) is 38.6 Å². The number of thiophene rings is 2. The van der Waals surface area contributed by atoms with Gasteiger partial charge in [0.15, 0.2) is 0 Å². The third-order valence-electron chi connectivity index (χ3n) is 2.53. The average molecular weight is 296 g/mol. The average Bonchev–Trinajstić information content (AvgIpc) is 2.93. The number of rotatable bonds is 3. The zero-order valence-corrected chi connectivity index (χ0v) is 12.0. The van der Waals surface area contributed by atoms with E-state index in [0.29, 0.717) is 0 Å². The van der Waals surface area contributed by atoms with Crippen LogP contribution in [-0.2, 0) is 6.54 Å². The van der Waals surface area contributed by atoms with Gasteiger partial charge in [-0.15, -0.1) is 11.3 Å². The number of fused-ring (bicyclic) bond motifs is 1. The maximum Gasteiger partial charge on any atom is 0.225 e. The Hall–Kier alpha value is -1.17. The van der Waals surface area contributed by atoms with Gasteiger partial charge >= 0.3 is 0 Å². The number of halogens is 1. The molecule has 0 amide bonds. The van der Waals surface area contributed by atoms with Crippen molar-refractivity contribution in [1.82, 2.24) is 9.97 Å². The molecule has 3 aromatic heterocycles. The van der Waals surface area contributed by atoms with Crippen LogP contribution in [0.1, 0.15) is 10.4 Å². The summed E-state index contributed by atoms with van der Waals surface area (Å²) in [6, 6.07) is 4.18. The highest BCUT2D eigenvalue weighted by Gasteiger charge is 2.09. The molecule has 0 bridgehead atoms. The van der Waals surface area contributed by atoms with Gasteiger partial charge in [-0.2, -0.15) is 11.3 Å². The van der Waals surface area contributed by atoms with E-state index in [-0.39, 0.29) is 5.28 Å². The Morgan fingerprint density at radius 3 is 3.06 bits per heavy atom. The quantitative estimate of drug-likeness (QED) is 0.731. The van der Waals surface area contributed by atoms with Gasteiger partial charge < -0.3 is 5.32 Å². The molecule has 0 radical (unpaired) electrons. The Morgan fingerprint density at radius 2 is 2.28 bits per heavy atom. The van der Waals surface area contributed by atoms with Gasteiger partial charge in [-0.1, -0.05) is 0 Å². The van der Waals surface area contributed by atoms with Gasteiger partial charge in [0.1, 0.15) is 10.6 Å². The van der Waals surface area contributed by atoms with Crippen LogP contribution in [0.2, 0.25) is 5.28 Å². The fraction of sp³-hybridized carbons (Fsp3) is 0.167. The van der Waals surface area contributed by atoms with Gasteiger partial charge in [0.2, 0.25) is 5.28 Å². The van der Waals surface area contributed by atoms with Gasteiger partial charge in [-0.05, 0) is 47.0 Å². The summed E-state index contributed by atoms with van der Waals surface area (Å²) in [6.07, 6.45) is 0. The van der Waals surface area contributed by atoms with Crippen molar-refractivity contribution in [3.8, 4) is 0 Å². The van der Waals surface area contributed by atoms with Crippen LogP contribution in [0.5, 0.6) is 0 Å². The van der Waals surface area contributed by atoms with Crippen molar-refractivity contribution in [2.24, 2.45) is 0 Å². The lowest BCUT2D eigenvalue weighted by Gasteiger charge is -2.05. The Kier molecular flexibility index (Phi) is 3.20. The number of anilines is 1. The highest BCUT2D eigenvalue weighted by atomic mass is 35.5. The van der Waals surface area contributed by atoms with Crippen molar-refractivity contribution in [2.75, 3.05) is 5.32 Å². The third kappa shape index (κ3) is 2.34. The predicted molar refractivity (Wildman–Crippen MR) is 78.8 cm³/mol. The molecule has 0 aliphatic rings. The first-order valence-electron chi connectivity index (χ1n) is 5.41. The van der Waals surface area contributed by atoms with Crippen LogP contribution < -0.4 is 5.32 Å². The Balaban J connectivity index is 1.95. The Bertz CT molecular complexity index is 676. The van der Waals surface area contributed by atoms with Crippen LogP contribution >= 0.6 is 34.3 Å². The fourth-order valence-corrected chi connectivity index (χ4v) is 3.50. The molecule has 1 N–H and O–H groups in total. The van der Waals surface area contributed by atoms with Crippen molar-refractivity contribution in [3.63, 3.8) is 0 Å². The number of nitrogens with zero attached hydrogens (tertiary/aromatic N) is 2. The summed E-state index contributed by atoms with van der Waals surface area (Å²) in [5.74, 6) is 0.806. The standard InChI is InChI=1S/C12H10ClN3S2/c1-7-4-9-10(14-5-8-2-3-17-6-8)15-12(13)16-11(9)18-7/h2-4,6H,5H2,1H3,(H,14,15,16). The lowest BCUT2D eigenvalue weighted by Crippen LogP contribution is -2.01. The molecule has 0 unspecified atom stereocenters. The van der Waals surface area contributed by atoms with E-state index in [9.17, 15) is 0 Å². The summed E-state index contributed by atoms with van der Waals surface area (Å²) in [6.45, 7) is 2.81. The lowest BCUT2D eigenvalue weighted by atomic mass is 10.3. The summed E-state index contributed by atoms with van der Waals surface area (Å²) < 4.78 is 0. The van der Waals surface area contributed by atoms with E-state index in [4.69, 9.17) is 11.6 Å². The predicted octanol–water partition coefficient (Wildman–Crippen LogP) is 4.33. The Morgan fingerprint density at radius 1 is 1.39 bits per heavy atom. The number of nitrogens with one attached hydrogen (secondary N) is 1. The van der Waals surface area contributed by atoms with Gasteiger partial charge in [-0.25, -0.2) is 9.97 Å². The van der Waals surface area contributed by atoms with Gasteiger partial charge in [-0.3, -0.25) is 0 Å². The molecule has 3 nitrogen and oxygen atoms in total. The molecule has 3 heterocycles. The summed E-state index contributed by atoms with van der Waals surface area (Å²) >= 11 is 9.26. The lowest BCUT2D eigenvalue weighted by molar-refractivity contribution is 1.11. The second-order valence-electron chi connectivity index (χ2n) is 3.90. The Labute approximate surface area is 117 Å². The summed E-state index contributed by atoms with van der Waals surface area (Å²) in [7, 11) is 0. The van der Waals surface area contributed by atoms with Crippen LogP contribution in [-0.4, -0.2) is 9.97 Å². The molecule has 0 aromatic carbocycles. The molecule has 3 aromatic rings. The molecule has 0 spiro atoms. The molecule has 0 saturated heterocycles. The van der Waals surface area contributed by atoms with Crippen LogP contribution in [0.25, 0.3) is 10.2 Å². The zero-order valence-electron chi connectivity index (χ0n) is 9.61. The van der Waals surface area contributed by atoms with E-state index in [2.05, 4.69) is 45.1 Å². The van der Waals surface area contributed by atoms with Crippen molar-refractivity contribution < 1.29 is 0 Å². The number of hydrogen-bond donors (Lipinski definition) is 1. The molecule has 0 saturated carbocycles. The maximum absolute atomic E-state index is 5.94. The zero-order chi connectivity index (χ0) is 12.5. The first-order chi connectivity index (χ1) is 8.72. The molecular formula is C12H10ClN3S2. The van der Waals surface area contributed by atoms with E-state index in [1.807, 2.05) is 0 Å².